The van der Waals surface area contributed by atoms with Gasteiger partial charge in [-0.3, -0.25) is 9.59 Å². The predicted molar refractivity (Wildman–Crippen MR) is 60.7 cm³/mol. The summed E-state index contributed by atoms with van der Waals surface area (Å²) in [6.07, 6.45) is 0.150. The van der Waals surface area contributed by atoms with Crippen molar-refractivity contribution < 1.29 is 23.9 Å². The summed E-state index contributed by atoms with van der Waals surface area (Å²) in [6, 6.07) is 0. The number of aldehydes is 2. The van der Waals surface area contributed by atoms with Gasteiger partial charge in [-0.2, -0.15) is 0 Å². The first-order chi connectivity index (χ1) is 7.84. The largest absolute Gasteiger partial charge is 0.384 e. The lowest BCUT2D eigenvalue weighted by molar-refractivity contribution is -0.153. The molecule has 0 atom stereocenters. The zero-order valence-electron chi connectivity index (χ0n) is 7.71. The lowest BCUT2D eigenvalue weighted by Crippen LogP contribution is -2.14. The van der Waals surface area contributed by atoms with Gasteiger partial charge in [-0.15, -0.1) is 0 Å². The summed E-state index contributed by atoms with van der Waals surface area (Å²) < 4.78 is 4.08. The maximum Gasteiger partial charge on any atom is 0.359 e. The van der Waals surface area contributed by atoms with Crippen molar-refractivity contribution in [1.29, 1.82) is 0 Å². The van der Waals surface area contributed by atoms with E-state index in [1.807, 2.05) is 0 Å². The first-order valence-electron chi connectivity index (χ1n) is 3.62. The van der Waals surface area contributed by atoms with Crippen LogP contribution in [0.15, 0.2) is 20.1 Å². The average molecular weight is 320 g/mol. The molecule has 0 saturated heterocycles. The third kappa shape index (κ3) is 4.87. The van der Waals surface area contributed by atoms with Gasteiger partial charge < -0.3 is 4.74 Å². The van der Waals surface area contributed by atoms with Gasteiger partial charge in [-0.05, 0) is 0 Å². The van der Waals surface area contributed by atoms with Crippen molar-refractivity contribution in [1.82, 2.24) is 0 Å². The number of halogens is 4. The van der Waals surface area contributed by atoms with Gasteiger partial charge in [-0.1, -0.05) is 46.4 Å². The molecule has 0 aliphatic carbocycles. The van der Waals surface area contributed by atoms with Crippen LogP contribution in [0.1, 0.15) is 0 Å². The van der Waals surface area contributed by atoms with Crippen LogP contribution in [0.2, 0.25) is 0 Å². The molecule has 5 nitrogen and oxygen atoms in total. The average Bonchev–Trinajstić information content (AvgIpc) is 2.34. The molecule has 0 unspecified atom stereocenters. The number of hydrogen-bond donors (Lipinski definition) is 0. The molecule has 0 N–H and O–H groups in total. The van der Waals surface area contributed by atoms with E-state index in [1.165, 1.54) is 0 Å². The SMILES string of the molecule is O=C/C(Cl)=C(/Cl)C(=O)OC(=O)/C(Cl)=C(/Cl)C=O. The van der Waals surface area contributed by atoms with Gasteiger partial charge >= 0.3 is 11.9 Å². The summed E-state index contributed by atoms with van der Waals surface area (Å²) in [7, 11) is 0. The lowest BCUT2D eigenvalue weighted by atomic mass is 10.5. The van der Waals surface area contributed by atoms with Gasteiger partial charge in [-0.25, -0.2) is 9.59 Å². The highest BCUT2D eigenvalue weighted by Crippen LogP contribution is 2.17. The second-order valence-corrected chi connectivity index (χ2v) is 3.81. The molecular formula is C8H2Cl4O5. The maximum atomic E-state index is 11.1. The minimum Gasteiger partial charge on any atom is -0.384 e. The summed E-state index contributed by atoms with van der Waals surface area (Å²) >= 11 is 21.0. The van der Waals surface area contributed by atoms with Gasteiger partial charge in [0.05, 0.1) is 0 Å². The number of allylic oxidation sites excluding steroid dienone is 2. The Morgan fingerprint density at radius 2 is 1.06 bits per heavy atom. The van der Waals surface area contributed by atoms with E-state index in [0.717, 1.165) is 0 Å². The Labute approximate surface area is 115 Å². The van der Waals surface area contributed by atoms with Crippen LogP contribution in [0.25, 0.3) is 0 Å². The van der Waals surface area contributed by atoms with E-state index in [1.54, 1.807) is 0 Å². The molecule has 0 aromatic rings. The van der Waals surface area contributed by atoms with Crippen LogP contribution in [-0.4, -0.2) is 24.5 Å². The quantitative estimate of drug-likeness (QED) is 0.342. The fourth-order valence-corrected chi connectivity index (χ4v) is 0.793. The fourth-order valence-electron chi connectivity index (χ4n) is 0.472. The molecule has 0 heterocycles. The monoisotopic (exact) mass is 318 g/mol. The molecule has 9 heteroatoms. The Hall–Kier alpha value is -0.880. The second-order valence-electron chi connectivity index (χ2n) is 2.24. The van der Waals surface area contributed by atoms with Crippen molar-refractivity contribution in [2.75, 3.05) is 0 Å². The standard InChI is InChI=1S/C8H2Cl4O5/c9-3(1-13)5(11)7(15)17-8(16)6(12)4(10)2-14/h1-2H/b5-3-,6-4-. The maximum absolute atomic E-state index is 11.1. The zero-order valence-corrected chi connectivity index (χ0v) is 10.7. The van der Waals surface area contributed by atoms with Crippen molar-refractivity contribution in [2.45, 2.75) is 0 Å². The van der Waals surface area contributed by atoms with Crippen LogP contribution in [0.4, 0.5) is 0 Å². The molecule has 92 valence electrons. The normalized spacial score (nSPS) is 13.2. The van der Waals surface area contributed by atoms with Crippen LogP contribution >= 0.6 is 46.4 Å². The molecule has 0 aliphatic heterocycles. The van der Waals surface area contributed by atoms with Gasteiger partial charge in [0.25, 0.3) is 0 Å². The van der Waals surface area contributed by atoms with E-state index in [2.05, 4.69) is 4.74 Å². The molecule has 0 fully saturated rings. The van der Waals surface area contributed by atoms with Crippen molar-refractivity contribution in [3.63, 3.8) is 0 Å². The van der Waals surface area contributed by atoms with Gasteiger partial charge in [0.1, 0.15) is 20.1 Å². The van der Waals surface area contributed by atoms with E-state index in [4.69, 9.17) is 46.4 Å². The van der Waals surface area contributed by atoms with E-state index < -0.39 is 32.1 Å². The summed E-state index contributed by atoms with van der Waals surface area (Å²) in [6.45, 7) is 0. The van der Waals surface area contributed by atoms with Gasteiger partial charge in [0.15, 0.2) is 12.6 Å². The van der Waals surface area contributed by atoms with Crippen LogP contribution in [0, 0.1) is 0 Å². The molecular weight excluding hydrogens is 318 g/mol. The molecule has 0 amide bonds. The Morgan fingerprint density at radius 3 is 1.29 bits per heavy atom. The third-order valence-electron chi connectivity index (χ3n) is 1.17. The smallest absolute Gasteiger partial charge is 0.359 e. The molecule has 0 saturated carbocycles. The van der Waals surface area contributed by atoms with Crippen molar-refractivity contribution in [2.24, 2.45) is 0 Å². The molecule has 0 bridgehead atoms. The number of esters is 2. The first-order valence-corrected chi connectivity index (χ1v) is 5.13. The molecule has 17 heavy (non-hydrogen) atoms. The molecule has 0 spiro atoms. The lowest BCUT2D eigenvalue weighted by Gasteiger charge is -2.01. The van der Waals surface area contributed by atoms with Gasteiger partial charge in [0.2, 0.25) is 0 Å². The van der Waals surface area contributed by atoms with E-state index >= 15 is 0 Å². The third-order valence-corrected chi connectivity index (χ3v) is 2.64. The van der Waals surface area contributed by atoms with Crippen molar-refractivity contribution in [3.05, 3.63) is 20.1 Å². The number of carbonyl (C=O) groups is 4. The predicted octanol–water partition coefficient (Wildman–Crippen LogP) is 1.83. The molecule has 0 rings (SSSR count). The van der Waals surface area contributed by atoms with Crippen molar-refractivity contribution in [3.8, 4) is 0 Å². The number of ether oxygens (including phenoxy) is 1. The number of rotatable bonds is 4. The summed E-state index contributed by atoms with van der Waals surface area (Å²) in [5.41, 5.74) is 0. The van der Waals surface area contributed by atoms with Crippen molar-refractivity contribution >= 4 is 70.9 Å². The molecule has 0 aromatic carbocycles. The summed E-state index contributed by atoms with van der Waals surface area (Å²) in [5, 5.41) is -2.90. The molecule has 0 aliphatic rings. The summed E-state index contributed by atoms with van der Waals surface area (Å²) in [4.78, 5) is 42.5. The fraction of sp³-hybridized carbons (Fsp3) is 0. The van der Waals surface area contributed by atoms with Crippen LogP contribution in [0.3, 0.4) is 0 Å². The second kappa shape index (κ2) is 7.45. The Kier molecular flexibility index (Phi) is 7.06. The number of carbonyl (C=O) groups excluding carboxylic acids is 4. The van der Waals surface area contributed by atoms with Crippen LogP contribution < -0.4 is 0 Å². The topological polar surface area (TPSA) is 77.5 Å². The Bertz CT molecular complexity index is 397. The zero-order chi connectivity index (χ0) is 13.6. The Morgan fingerprint density at radius 1 is 0.765 bits per heavy atom. The van der Waals surface area contributed by atoms with Crippen LogP contribution in [-0.2, 0) is 23.9 Å². The van der Waals surface area contributed by atoms with E-state index in [0.29, 0.717) is 0 Å². The van der Waals surface area contributed by atoms with E-state index in [-0.39, 0.29) is 12.6 Å². The summed E-state index contributed by atoms with van der Waals surface area (Å²) in [5.74, 6) is -2.80. The minimum atomic E-state index is -1.40. The molecule has 0 radical (unpaired) electrons. The molecule has 0 aromatic heterocycles. The van der Waals surface area contributed by atoms with Gasteiger partial charge in [0, 0.05) is 0 Å². The number of hydrogen-bond acceptors (Lipinski definition) is 5. The highest BCUT2D eigenvalue weighted by Gasteiger charge is 2.21. The van der Waals surface area contributed by atoms with E-state index in [9.17, 15) is 19.2 Å². The highest BCUT2D eigenvalue weighted by molar-refractivity contribution is 6.54. The van der Waals surface area contributed by atoms with Crippen LogP contribution in [0.5, 0.6) is 0 Å². The highest BCUT2D eigenvalue weighted by atomic mass is 35.5. The first kappa shape index (κ1) is 16.1. The Balaban J connectivity index is 4.91. The minimum absolute atomic E-state index is 0.0749.